The molecule has 3 rings (SSSR count). The van der Waals surface area contributed by atoms with Crippen LogP contribution in [-0.2, 0) is 11.0 Å². The lowest BCUT2D eigenvalue weighted by Gasteiger charge is -2.09. The summed E-state index contributed by atoms with van der Waals surface area (Å²) in [5.74, 6) is -0.0270. The monoisotopic (exact) mass is 364 g/mol. The molecule has 1 aliphatic carbocycles. The van der Waals surface area contributed by atoms with Gasteiger partial charge in [-0.2, -0.15) is 13.2 Å². The van der Waals surface area contributed by atoms with Crippen molar-refractivity contribution in [1.29, 1.82) is 0 Å². The first kappa shape index (κ1) is 18.3. The van der Waals surface area contributed by atoms with Gasteiger partial charge in [0.1, 0.15) is 12.4 Å². The molecule has 1 amide bonds. The highest BCUT2D eigenvalue weighted by atomic mass is 19.4. The van der Waals surface area contributed by atoms with Gasteiger partial charge in [-0.3, -0.25) is 4.79 Å². The molecule has 0 saturated heterocycles. The third-order valence-corrected chi connectivity index (χ3v) is 4.28. The number of anilines is 1. The van der Waals surface area contributed by atoms with Crippen molar-refractivity contribution in [2.75, 3.05) is 18.5 Å². The van der Waals surface area contributed by atoms with Gasteiger partial charge < -0.3 is 15.8 Å². The summed E-state index contributed by atoms with van der Waals surface area (Å²) in [5, 5.41) is 2.79. The smallest absolute Gasteiger partial charge is 0.416 e. The maximum absolute atomic E-state index is 12.8. The number of benzene rings is 2. The van der Waals surface area contributed by atoms with Crippen LogP contribution in [0, 0.1) is 5.92 Å². The first-order valence-electron chi connectivity index (χ1n) is 8.29. The predicted octanol–water partition coefficient (Wildman–Crippen LogP) is 3.79. The van der Waals surface area contributed by atoms with Crippen molar-refractivity contribution < 1.29 is 22.7 Å². The molecule has 3 N–H and O–H groups in total. The fourth-order valence-corrected chi connectivity index (χ4v) is 2.85. The first-order valence-corrected chi connectivity index (χ1v) is 8.29. The molecule has 2 aromatic rings. The number of hydrogen-bond acceptors (Lipinski definition) is 3. The SMILES string of the molecule is NCCOc1ccc(NC(=O)C2CC2c2cccc(C(F)(F)F)c2)cc1. The van der Waals surface area contributed by atoms with Crippen molar-refractivity contribution in [3.63, 3.8) is 0 Å². The van der Waals surface area contributed by atoms with Crippen LogP contribution in [0.15, 0.2) is 48.5 Å². The maximum Gasteiger partial charge on any atom is 0.416 e. The molecule has 0 spiro atoms. The fraction of sp³-hybridized carbons (Fsp3) is 0.316. The molecule has 138 valence electrons. The largest absolute Gasteiger partial charge is 0.492 e. The van der Waals surface area contributed by atoms with Crippen molar-refractivity contribution in [2.45, 2.75) is 18.5 Å². The Labute approximate surface area is 149 Å². The third kappa shape index (κ3) is 4.35. The number of nitrogens with one attached hydrogen (secondary N) is 1. The molecule has 0 aliphatic heterocycles. The number of alkyl halides is 3. The number of ether oxygens (including phenoxy) is 1. The number of nitrogens with two attached hydrogens (primary N) is 1. The third-order valence-electron chi connectivity index (χ3n) is 4.28. The Morgan fingerprint density at radius 1 is 1.19 bits per heavy atom. The zero-order valence-corrected chi connectivity index (χ0v) is 13.9. The quantitative estimate of drug-likeness (QED) is 0.820. The van der Waals surface area contributed by atoms with Gasteiger partial charge in [0.15, 0.2) is 0 Å². The summed E-state index contributed by atoms with van der Waals surface area (Å²) in [6.45, 7) is 0.823. The Balaban J connectivity index is 1.59. The van der Waals surface area contributed by atoms with Crippen LogP contribution in [0.2, 0.25) is 0 Å². The van der Waals surface area contributed by atoms with Crippen LogP contribution in [0.1, 0.15) is 23.5 Å². The summed E-state index contributed by atoms with van der Waals surface area (Å²) in [6.07, 6.45) is -3.83. The van der Waals surface area contributed by atoms with Gasteiger partial charge in [0.2, 0.25) is 5.91 Å². The van der Waals surface area contributed by atoms with E-state index in [9.17, 15) is 18.0 Å². The molecule has 0 aromatic heterocycles. The zero-order chi connectivity index (χ0) is 18.7. The van der Waals surface area contributed by atoms with Crippen molar-refractivity contribution in [2.24, 2.45) is 11.7 Å². The van der Waals surface area contributed by atoms with E-state index in [2.05, 4.69) is 5.32 Å². The Hall–Kier alpha value is -2.54. The van der Waals surface area contributed by atoms with E-state index in [1.54, 1.807) is 30.3 Å². The number of rotatable bonds is 6. The lowest BCUT2D eigenvalue weighted by atomic mass is 10.1. The first-order chi connectivity index (χ1) is 12.4. The standard InChI is InChI=1S/C19H19F3N2O2/c20-19(21,22)13-3-1-2-12(10-13)16-11-17(16)18(25)24-14-4-6-15(7-5-14)26-9-8-23/h1-7,10,16-17H,8-9,11,23H2,(H,24,25). The summed E-state index contributed by atoms with van der Waals surface area (Å²) in [4.78, 5) is 12.3. The number of halogens is 3. The number of hydrogen-bond donors (Lipinski definition) is 2. The lowest BCUT2D eigenvalue weighted by Crippen LogP contribution is -2.15. The normalized spacial score (nSPS) is 19.1. The van der Waals surface area contributed by atoms with Gasteiger partial charge in [-0.05, 0) is 48.2 Å². The van der Waals surface area contributed by atoms with Crippen molar-refractivity contribution in [1.82, 2.24) is 0 Å². The highest BCUT2D eigenvalue weighted by Gasteiger charge is 2.44. The molecule has 4 nitrogen and oxygen atoms in total. The van der Waals surface area contributed by atoms with Crippen molar-refractivity contribution in [3.8, 4) is 5.75 Å². The van der Waals surface area contributed by atoms with Gasteiger partial charge in [0.05, 0.1) is 5.56 Å². The summed E-state index contributed by atoms with van der Waals surface area (Å²) < 4.78 is 43.8. The number of carbonyl (C=O) groups excluding carboxylic acids is 1. The summed E-state index contributed by atoms with van der Waals surface area (Å²) in [7, 11) is 0. The molecule has 0 bridgehead atoms. The van der Waals surface area contributed by atoms with Gasteiger partial charge in [0.25, 0.3) is 0 Å². The zero-order valence-electron chi connectivity index (χ0n) is 13.9. The second-order valence-corrected chi connectivity index (χ2v) is 6.22. The number of carbonyl (C=O) groups is 1. The molecule has 0 heterocycles. The minimum atomic E-state index is -4.38. The summed E-state index contributed by atoms with van der Waals surface area (Å²) in [5.41, 5.74) is 5.84. The van der Waals surface area contributed by atoms with E-state index >= 15 is 0 Å². The van der Waals surface area contributed by atoms with E-state index in [4.69, 9.17) is 10.5 Å². The van der Waals surface area contributed by atoms with E-state index in [1.807, 2.05) is 0 Å². The Bertz CT molecular complexity index is 775. The van der Waals surface area contributed by atoms with Gasteiger partial charge in [-0.15, -0.1) is 0 Å². The Morgan fingerprint density at radius 3 is 2.58 bits per heavy atom. The lowest BCUT2D eigenvalue weighted by molar-refractivity contribution is -0.137. The van der Waals surface area contributed by atoms with Gasteiger partial charge in [0, 0.05) is 18.2 Å². The minimum absolute atomic E-state index is 0.176. The number of amides is 1. The predicted molar refractivity (Wildman–Crippen MR) is 91.9 cm³/mol. The maximum atomic E-state index is 12.8. The molecule has 1 fully saturated rings. The van der Waals surface area contributed by atoms with Crippen molar-refractivity contribution in [3.05, 3.63) is 59.7 Å². The second kappa shape index (κ2) is 7.37. The molecule has 1 aliphatic rings. The molecular formula is C19H19F3N2O2. The van der Waals surface area contributed by atoms with E-state index in [0.29, 0.717) is 36.6 Å². The molecule has 26 heavy (non-hydrogen) atoms. The average Bonchev–Trinajstić information content (AvgIpc) is 3.41. The highest BCUT2D eigenvalue weighted by molar-refractivity contribution is 5.95. The van der Waals surface area contributed by atoms with Crippen LogP contribution in [0.3, 0.4) is 0 Å². The molecule has 1 saturated carbocycles. The van der Waals surface area contributed by atoms with E-state index in [1.165, 1.54) is 6.07 Å². The highest BCUT2D eigenvalue weighted by Crippen LogP contribution is 2.48. The summed E-state index contributed by atoms with van der Waals surface area (Å²) >= 11 is 0. The van der Waals surface area contributed by atoms with E-state index in [0.717, 1.165) is 12.1 Å². The molecule has 0 radical (unpaired) electrons. The molecule has 2 unspecified atom stereocenters. The van der Waals surface area contributed by atoms with E-state index < -0.39 is 11.7 Å². The summed E-state index contributed by atoms with van der Waals surface area (Å²) in [6, 6.07) is 12.1. The average molecular weight is 364 g/mol. The second-order valence-electron chi connectivity index (χ2n) is 6.22. The Morgan fingerprint density at radius 2 is 1.92 bits per heavy atom. The molecular weight excluding hydrogens is 345 g/mol. The van der Waals surface area contributed by atoms with Crippen LogP contribution in [0.5, 0.6) is 5.75 Å². The van der Waals surface area contributed by atoms with E-state index in [-0.39, 0.29) is 17.7 Å². The fourth-order valence-electron chi connectivity index (χ4n) is 2.85. The molecule has 7 heteroatoms. The van der Waals surface area contributed by atoms with Crippen LogP contribution < -0.4 is 15.8 Å². The Kier molecular flexibility index (Phi) is 5.18. The van der Waals surface area contributed by atoms with Gasteiger partial charge >= 0.3 is 6.18 Å². The van der Waals surface area contributed by atoms with Crippen LogP contribution in [0.4, 0.5) is 18.9 Å². The van der Waals surface area contributed by atoms with Crippen LogP contribution >= 0.6 is 0 Å². The van der Waals surface area contributed by atoms with Crippen molar-refractivity contribution >= 4 is 11.6 Å². The van der Waals surface area contributed by atoms with Crippen LogP contribution in [0.25, 0.3) is 0 Å². The topological polar surface area (TPSA) is 64.3 Å². The minimum Gasteiger partial charge on any atom is -0.492 e. The molecule has 2 aromatic carbocycles. The van der Waals surface area contributed by atoms with Gasteiger partial charge in [-0.1, -0.05) is 18.2 Å². The molecule has 2 atom stereocenters. The van der Waals surface area contributed by atoms with Crippen LogP contribution in [-0.4, -0.2) is 19.1 Å². The van der Waals surface area contributed by atoms with Gasteiger partial charge in [-0.25, -0.2) is 0 Å².